The largest absolute Gasteiger partial charge is 1.00 e. The Morgan fingerprint density at radius 2 is 0.629 bits per heavy atom. The van der Waals surface area contributed by atoms with Gasteiger partial charge in [-0.3, -0.25) is 0 Å². The monoisotopic (exact) mass is 540 g/mol. The number of unbranched alkanes of at least 4 members (excludes halogenated alkanes) is 23. The Bertz CT molecular complexity index is 496. The minimum absolute atomic E-state index is 0. The van der Waals surface area contributed by atoms with Crippen molar-refractivity contribution >= 4 is 10.1 Å². The van der Waals surface area contributed by atoms with Crippen LogP contribution in [0.25, 0.3) is 0 Å². The molecule has 0 N–H and O–H groups in total. The van der Waals surface area contributed by atoms with Crippen LogP contribution in [-0.4, -0.2) is 18.2 Å². The minimum atomic E-state index is -4.14. The van der Waals surface area contributed by atoms with Gasteiger partial charge < -0.3 is 4.55 Å². The molecule has 0 aliphatic carbocycles. The van der Waals surface area contributed by atoms with Gasteiger partial charge in [0.25, 0.3) is 0 Å². The molecule has 0 fully saturated rings. The van der Waals surface area contributed by atoms with E-state index < -0.39 is 15.4 Å². The van der Waals surface area contributed by atoms with E-state index in [0.717, 1.165) is 25.7 Å². The van der Waals surface area contributed by atoms with Gasteiger partial charge in [-0.1, -0.05) is 174 Å². The molecule has 206 valence electrons. The van der Waals surface area contributed by atoms with Crippen LogP contribution >= 0.6 is 0 Å². The van der Waals surface area contributed by atoms with Crippen molar-refractivity contribution in [1.82, 2.24) is 0 Å². The maximum absolute atomic E-state index is 11.6. The molecule has 0 amide bonds. The molecule has 0 spiro atoms. The Hall–Kier alpha value is 1.55. The number of hydrogen-bond acceptors (Lipinski definition) is 3. The smallest absolute Gasteiger partial charge is 0.748 e. The summed E-state index contributed by atoms with van der Waals surface area (Å²) in [6.45, 7) is 4.51. The standard InChI is InChI=1S/C30H62O3S.K/c1-3-5-7-9-11-13-14-15-16-17-18-19-21-23-25-27-29-30(34(31,32)33)28-26-24-22-20-12-10-8-6-4-2;/h30H,3-29H2,1-2H3,(H,31,32,33);/q;+1/p-1. The normalized spacial score (nSPS) is 12.5. The summed E-state index contributed by atoms with van der Waals surface area (Å²) in [4.78, 5) is 0. The second-order valence-corrected chi connectivity index (χ2v) is 12.5. The van der Waals surface area contributed by atoms with E-state index in [1.165, 1.54) is 135 Å². The summed E-state index contributed by atoms with van der Waals surface area (Å²) in [5, 5.41) is -0.649. The first-order valence-electron chi connectivity index (χ1n) is 15.5. The molecule has 0 saturated heterocycles. The van der Waals surface area contributed by atoms with Gasteiger partial charge in [0, 0.05) is 5.25 Å². The van der Waals surface area contributed by atoms with Crippen molar-refractivity contribution in [2.24, 2.45) is 0 Å². The molecule has 0 aromatic carbocycles. The molecular weight excluding hydrogens is 479 g/mol. The maximum Gasteiger partial charge on any atom is 1.00 e. The zero-order valence-corrected chi connectivity index (χ0v) is 28.2. The van der Waals surface area contributed by atoms with Crippen LogP contribution in [0.1, 0.15) is 187 Å². The van der Waals surface area contributed by atoms with Gasteiger partial charge in [-0.2, -0.15) is 0 Å². The summed E-state index contributed by atoms with van der Waals surface area (Å²) < 4.78 is 34.9. The van der Waals surface area contributed by atoms with E-state index in [9.17, 15) is 13.0 Å². The molecule has 1 unspecified atom stereocenters. The Kier molecular flexibility index (Phi) is 33.3. The van der Waals surface area contributed by atoms with Gasteiger partial charge in [-0.25, -0.2) is 8.42 Å². The number of hydrogen-bond donors (Lipinski definition) is 0. The molecule has 0 radical (unpaired) electrons. The summed E-state index contributed by atoms with van der Waals surface area (Å²) in [5.41, 5.74) is 0. The van der Waals surface area contributed by atoms with Gasteiger partial charge in [0.05, 0.1) is 10.1 Å². The molecule has 0 heterocycles. The average molecular weight is 541 g/mol. The molecular formula is C30H61KO3S. The van der Waals surface area contributed by atoms with Crippen molar-refractivity contribution in [3.63, 3.8) is 0 Å². The van der Waals surface area contributed by atoms with E-state index in [2.05, 4.69) is 13.8 Å². The third-order valence-electron chi connectivity index (χ3n) is 7.42. The van der Waals surface area contributed by atoms with Crippen LogP contribution in [0.5, 0.6) is 0 Å². The zero-order valence-electron chi connectivity index (χ0n) is 24.3. The molecule has 0 saturated carbocycles. The van der Waals surface area contributed by atoms with Gasteiger partial charge in [0.15, 0.2) is 0 Å². The second kappa shape index (κ2) is 30.1. The van der Waals surface area contributed by atoms with Crippen molar-refractivity contribution < 1.29 is 64.4 Å². The van der Waals surface area contributed by atoms with Crippen LogP contribution in [0.15, 0.2) is 0 Å². The molecule has 0 aromatic rings. The molecule has 0 rings (SSSR count). The van der Waals surface area contributed by atoms with Crippen LogP contribution in [-0.2, 0) is 10.1 Å². The van der Waals surface area contributed by atoms with Gasteiger partial charge in [0.2, 0.25) is 0 Å². The van der Waals surface area contributed by atoms with Gasteiger partial charge in [-0.15, -0.1) is 0 Å². The predicted molar refractivity (Wildman–Crippen MR) is 149 cm³/mol. The van der Waals surface area contributed by atoms with Crippen LogP contribution in [0.2, 0.25) is 0 Å². The molecule has 0 aliphatic heterocycles. The molecule has 5 heteroatoms. The van der Waals surface area contributed by atoms with Gasteiger partial charge in [-0.05, 0) is 12.8 Å². The SMILES string of the molecule is CCCCCCCCCCCCCCCCCCC(CCCCCCCCCCC)S(=O)(=O)[O-].[K+]. The van der Waals surface area contributed by atoms with E-state index >= 15 is 0 Å². The van der Waals surface area contributed by atoms with Crippen molar-refractivity contribution in [1.29, 1.82) is 0 Å². The first kappa shape index (κ1) is 38.7. The van der Waals surface area contributed by atoms with Crippen molar-refractivity contribution in [2.75, 3.05) is 0 Å². The maximum atomic E-state index is 11.6. The van der Waals surface area contributed by atoms with E-state index in [1.54, 1.807) is 0 Å². The Morgan fingerprint density at radius 1 is 0.429 bits per heavy atom. The van der Waals surface area contributed by atoms with Crippen LogP contribution < -0.4 is 51.4 Å². The fourth-order valence-corrected chi connectivity index (χ4v) is 5.95. The molecule has 35 heavy (non-hydrogen) atoms. The fourth-order valence-electron chi connectivity index (χ4n) is 5.04. The van der Waals surface area contributed by atoms with Crippen LogP contribution in [0, 0.1) is 0 Å². The van der Waals surface area contributed by atoms with Crippen molar-refractivity contribution in [2.45, 2.75) is 192 Å². The molecule has 0 bridgehead atoms. The van der Waals surface area contributed by atoms with Crippen LogP contribution in [0.4, 0.5) is 0 Å². The third-order valence-corrected chi connectivity index (χ3v) is 8.71. The van der Waals surface area contributed by atoms with Crippen LogP contribution in [0.3, 0.4) is 0 Å². The van der Waals surface area contributed by atoms with Crippen molar-refractivity contribution in [3.05, 3.63) is 0 Å². The molecule has 0 aromatic heterocycles. The summed E-state index contributed by atoms with van der Waals surface area (Å²) in [6.07, 6.45) is 33.1. The summed E-state index contributed by atoms with van der Waals surface area (Å²) in [5.74, 6) is 0. The summed E-state index contributed by atoms with van der Waals surface area (Å²) in [6, 6.07) is 0. The molecule has 1 atom stereocenters. The predicted octanol–water partition coefficient (Wildman–Crippen LogP) is 7.48. The Labute approximate surface area is 264 Å². The van der Waals surface area contributed by atoms with E-state index in [4.69, 9.17) is 0 Å². The molecule has 0 aliphatic rings. The first-order valence-corrected chi connectivity index (χ1v) is 16.9. The average Bonchev–Trinajstić information content (AvgIpc) is 2.80. The molecule has 3 nitrogen and oxygen atoms in total. The van der Waals surface area contributed by atoms with Crippen molar-refractivity contribution in [3.8, 4) is 0 Å². The quantitative estimate of drug-likeness (QED) is 0.0587. The van der Waals surface area contributed by atoms with Gasteiger partial charge >= 0.3 is 51.4 Å². The second-order valence-electron chi connectivity index (χ2n) is 10.8. The van der Waals surface area contributed by atoms with E-state index in [-0.39, 0.29) is 51.4 Å². The summed E-state index contributed by atoms with van der Waals surface area (Å²) in [7, 11) is -4.14. The third kappa shape index (κ3) is 30.0. The Balaban J connectivity index is 0. The minimum Gasteiger partial charge on any atom is -0.748 e. The zero-order chi connectivity index (χ0) is 25.2. The van der Waals surface area contributed by atoms with E-state index in [0.29, 0.717) is 12.8 Å². The topological polar surface area (TPSA) is 57.2 Å². The summed E-state index contributed by atoms with van der Waals surface area (Å²) >= 11 is 0. The van der Waals surface area contributed by atoms with Gasteiger partial charge in [0.1, 0.15) is 0 Å². The Morgan fingerprint density at radius 3 is 0.829 bits per heavy atom. The van der Waals surface area contributed by atoms with E-state index in [1.807, 2.05) is 0 Å². The number of rotatable bonds is 28. The first-order chi connectivity index (χ1) is 16.5. The fraction of sp³-hybridized carbons (Fsp3) is 1.00.